The van der Waals surface area contributed by atoms with E-state index in [-0.39, 0.29) is 17.4 Å². The highest BCUT2D eigenvalue weighted by Gasteiger charge is 2.23. The molecule has 0 unspecified atom stereocenters. The number of nitrogens with zero attached hydrogens (tertiary/aromatic N) is 3. The molecule has 28 heavy (non-hydrogen) atoms. The van der Waals surface area contributed by atoms with E-state index >= 15 is 0 Å². The maximum atomic E-state index is 13.1. The van der Waals surface area contributed by atoms with Crippen LogP contribution >= 0.6 is 11.8 Å². The topological polar surface area (TPSA) is 66.7 Å². The summed E-state index contributed by atoms with van der Waals surface area (Å²) in [5.41, 5.74) is 1.34. The molecule has 0 spiro atoms. The fraction of sp³-hybridized carbons (Fsp3) is 0.350. The highest BCUT2D eigenvalue weighted by molar-refractivity contribution is 7.98. The number of hydrogen-bond donors (Lipinski definition) is 0. The van der Waals surface area contributed by atoms with Crippen molar-refractivity contribution in [3.8, 4) is 0 Å². The molecule has 1 saturated heterocycles. The summed E-state index contributed by atoms with van der Waals surface area (Å²) in [5, 5.41) is 11.3. The van der Waals surface area contributed by atoms with Crippen LogP contribution in [0.2, 0.25) is 0 Å². The zero-order valence-electron chi connectivity index (χ0n) is 15.6. The monoisotopic (exact) mass is 403 g/mol. The number of thioether (sulfide) groups is 1. The van der Waals surface area contributed by atoms with Crippen molar-refractivity contribution in [2.24, 2.45) is 0 Å². The molecule has 6 nitrogen and oxygen atoms in total. The molecule has 148 valence electrons. The largest absolute Gasteiger partial charge is 0.337 e. The van der Waals surface area contributed by atoms with E-state index in [9.17, 15) is 19.3 Å². The smallest absolute Gasteiger partial charge is 0.283 e. The summed E-state index contributed by atoms with van der Waals surface area (Å²) in [5.74, 6) is -0.433. The fourth-order valence-corrected chi connectivity index (χ4v) is 3.88. The molecule has 0 bridgehead atoms. The minimum atomic E-state index is -0.449. The minimum Gasteiger partial charge on any atom is -0.337 e. The molecule has 0 N–H and O–H groups in total. The molecule has 2 aromatic carbocycles. The minimum absolute atomic E-state index is 0.0360. The predicted octanol–water partition coefficient (Wildman–Crippen LogP) is 3.80. The van der Waals surface area contributed by atoms with E-state index in [2.05, 4.69) is 4.90 Å². The molecule has 1 aliphatic heterocycles. The van der Waals surface area contributed by atoms with Gasteiger partial charge in [0.2, 0.25) is 0 Å². The van der Waals surface area contributed by atoms with Crippen molar-refractivity contribution in [2.45, 2.75) is 17.9 Å². The Morgan fingerprint density at radius 1 is 1.14 bits per heavy atom. The second-order valence-corrected chi connectivity index (χ2v) is 7.54. The van der Waals surface area contributed by atoms with Gasteiger partial charge in [-0.2, -0.15) is 0 Å². The fourth-order valence-electron chi connectivity index (χ4n) is 3.33. The molecule has 1 fully saturated rings. The summed E-state index contributed by atoms with van der Waals surface area (Å²) < 4.78 is 13.1. The van der Waals surface area contributed by atoms with Crippen molar-refractivity contribution in [3.05, 3.63) is 69.5 Å². The van der Waals surface area contributed by atoms with Gasteiger partial charge in [-0.3, -0.25) is 19.8 Å². The normalized spacial score (nSPS) is 15.3. The molecule has 1 heterocycles. The number of carbonyl (C=O) groups excluding carboxylic acids is 1. The van der Waals surface area contributed by atoms with Gasteiger partial charge in [0.25, 0.3) is 11.6 Å². The third-order valence-electron chi connectivity index (χ3n) is 4.82. The van der Waals surface area contributed by atoms with Gasteiger partial charge >= 0.3 is 0 Å². The number of hydrogen-bond acceptors (Lipinski definition) is 5. The molecule has 1 amide bonds. The first kappa shape index (κ1) is 20.3. The zero-order chi connectivity index (χ0) is 20.1. The van der Waals surface area contributed by atoms with Crippen LogP contribution in [0.1, 0.15) is 22.3 Å². The van der Waals surface area contributed by atoms with E-state index in [4.69, 9.17) is 0 Å². The molecule has 0 radical (unpaired) electrons. The molecule has 1 aliphatic rings. The molecule has 0 aliphatic carbocycles. The van der Waals surface area contributed by atoms with Crippen molar-refractivity contribution >= 4 is 23.4 Å². The van der Waals surface area contributed by atoms with Gasteiger partial charge < -0.3 is 4.90 Å². The van der Waals surface area contributed by atoms with E-state index in [1.807, 2.05) is 0 Å². The van der Waals surface area contributed by atoms with E-state index in [1.165, 1.54) is 30.0 Å². The SMILES string of the molecule is CSc1ccc(C(=O)N2CCCN(Cc3ccc(F)cc3)CC2)cc1[N+](=O)[O-]. The average molecular weight is 403 g/mol. The second kappa shape index (κ2) is 9.16. The molecule has 2 aromatic rings. The van der Waals surface area contributed by atoms with Crippen LogP contribution in [0.15, 0.2) is 47.4 Å². The van der Waals surface area contributed by atoms with Crippen LogP contribution in [0.3, 0.4) is 0 Å². The Bertz CT molecular complexity index is 860. The number of halogens is 1. The van der Waals surface area contributed by atoms with E-state index < -0.39 is 4.92 Å². The van der Waals surface area contributed by atoms with Crippen LogP contribution in [0.25, 0.3) is 0 Å². The first-order valence-corrected chi connectivity index (χ1v) is 10.3. The number of nitro groups is 1. The standard InChI is InChI=1S/C20H22FN3O3S/c1-28-19-8-5-16(13-18(19)24(26)27)20(25)23-10-2-9-22(11-12-23)14-15-3-6-17(21)7-4-15/h3-8,13H,2,9-12,14H2,1H3. The molecular weight excluding hydrogens is 381 g/mol. The molecular formula is C20H22FN3O3S. The van der Waals surface area contributed by atoms with Crippen molar-refractivity contribution in [3.63, 3.8) is 0 Å². The maximum Gasteiger partial charge on any atom is 0.283 e. The molecule has 0 saturated carbocycles. The van der Waals surface area contributed by atoms with Gasteiger partial charge in [-0.15, -0.1) is 11.8 Å². The lowest BCUT2D eigenvalue weighted by molar-refractivity contribution is -0.387. The number of carbonyl (C=O) groups is 1. The number of amides is 1. The van der Waals surface area contributed by atoms with Gasteiger partial charge in [0.05, 0.1) is 9.82 Å². The number of benzene rings is 2. The van der Waals surface area contributed by atoms with Crippen molar-refractivity contribution in [1.29, 1.82) is 0 Å². The summed E-state index contributed by atoms with van der Waals surface area (Å²) in [6.07, 6.45) is 2.59. The predicted molar refractivity (Wildman–Crippen MR) is 107 cm³/mol. The highest BCUT2D eigenvalue weighted by atomic mass is 32.2. The lowest BCUT2D eigenvalue weighted by Crippen LogP contribution is -2.35. The summed E-state index contributed by atoms with van der Waals surface area (Å²) in [7, 11) is 0. The summed E-state index contributed by atoms with van der Waals surface area (Å²) in [4.78, 5) is 28.2. The maximum absolute atomic E-state index is 13.1. The van der Waals surface area contributed by atoms with Crippen LogP contribution in [0.4, 0.5) is 10.1 Å². The third kappa shape index (κ3) is 4.88. The van der Waals surface area contributed by atoms with Crippen molar-refractivity contribution < 1.29 is 14.1 Å². The Kier molecular flexibility index (Phi) is 6.64. The van der Waals surface area contributed by atoms with Crippen molar-refractivity contribution in [2.75, 3.05) is 32.4 Å². The van der Waals surface area contributed by atoms with Crippen LogP contribution in [-0.2, 0) is 6.54 Å². The quantitative estimate of drug-likeness (QED) is 0.432. The Morgan fingerprint density at radius 2 is 1.89 bits per heavy atom. The number of rotatable bonds is 5. The van der Waals surface area contributed by atoms with Gasteiger partial charge in [0, 0.05) is 44.4 Å². The molecule has 0 atom stereocenters. The van der Waals surface area contributed by atoms with E-state index in [0.717, 1.165) is 18.5 Å². The van der Waals surface area contributed by atoms with E-state index in [0.29, 0.717) is 36.6 Å². The summed E-state index contributed by atoms with van der Waals surface area (Å²) in [6.45, 7) is 3.41. The Morgan fingerprint density at radius 3 is 2.57 bits per heavy atom. The first-order valence-electron chi connectivity index (χ1n) is 9.06. The van der Waals surface area contributed by atoms with Gasteiger partial charge in [0.1, 0.15) is 5.82 Å². The van der Waals surface area contributed by atoms with Crippen LogP contribution in [0.5, 0.6) is 0 Å². The average Bonchev–Trinajstić information content (AvgIpc) is 2.94. The van der Waals surface area contributed by atoms with Gasteiger partial charge in [0.15, 0.2) is 0 Å². The van der Waals surface area contributed by atoms with Crippen LogP contribution in [0, 0.1) is 15.9 Å². The second-order valence-electron chi connectivity index (χ2n) is 6.69. The zero-order valence-corrected chi connectivity index (χ0v) is 16.5. The van der Waals surface area contributed by atoms with Crippen molar-refractivity contribution in [1.82, 2.24) is 9.80 Å². The first-order chi connectivity index (χ1) is 13.5. The molecule has 8 heteroatoms. The third-order valence-corrected chi connectivity index (χ3v) is 5.60. The summed E-state index contributed by atoms with van der Waals surface area (Å²) >= 11 is 1.29. The number of nitro benzene ring substituents is 1. The van der Waals surface area contributed by atoms with E-state index in [1.54, 1.807) is 35.4 Å². The van der Waals surface area contributed by atoms with Gasteiger partial charge in [-0.25, -0.2) is 4.39 Å². The lowest BCUT2D eigenvalue weighted by atomic mass is 10.1. The van der Waals surface area contributed by atoms with Crippen LogP contribution in [-0.4, -0.2) is 53.1 Å². The summed E-state index contributed by atoms with van der Waals surface area (Å²) in [6, 6.07) is 11.1. The van der Waals surface area contributed by atoms with Gasteiger partial charge in [-0.05, 0) is 42.5 Å². The Hall–Kier alpha value is -2.45. The molecule has 0 aromatic heterocycles. The lowest BCUT2D eigenvalue weighted by Gasteiger charge is -2.22. The Labute approximate surface area is 167 Å². The van der Waals surface area contributed by atoms with Crippen LogP contribution < -0.4 is 0 Å². The Balaban J connectivity index is 1.66. The highest BCUT2D eigenvalue weighted by Crippen LogP contribution is 2.28. The van der Waals surface area contributed by atoms with Gasteiger partial charge in [-0.1, -0.05) is 12.1 Å². The molecule has 3 rings (SSSR count).